The highest BCUT2D eigenvalue weighted by atomic mass is 32.2. The van der Waals surface area contributed by atoms with Crippen molar-refractivity contribution in [2.24, 2.45) is 0 Å². The number of hydrogen-bond acceptors (Lipinski definition) is 3. The molecule has 0 aromatic heterocycles. The summed E-state index contributed by atoms with van der Waals surface area (Å²) in [6, 6.07) is 0. The van der Waals surface area contributed by atoms with Crippen molar-refractivity contribution in [2.75, 3.05) is 5.75 Å². The molecule has 0 spiro atoms. The highest BCUT2D eigenvalue weighted by molar-refractivity contribution is 7.79. The molecule has 0 aromatic carbocycles. The molecule has 5 heteroatoms. The minimum atomic E-state index is -2.08. The molecule has 0 heterocycles. The zero-order valence-electron chi connectivity index (χ0n) is 6.07. The molecular formula is C6H9O4S-. The van der Waals surface area contributed by atoms with E-state index in [2.05, 4.69) is 0 Å². The summed E-state index contributed by atoms with van der Waals surface area (Å²) in [4.78, 5) is 10.2. The smallest absolute Gasteiger partial charge is 0.330 e. The number of hydrogen-bond donors (Lipinski definition) is 1. The van der Waals surface area contributed by atoms with Gasteiger partial charge in [-0.1, -0.05) is 17.2 Å². The van der Waals surface area contributed by atoms with Gasteiger partial charge in [-0.3, -0.25) is 4.21 Å². The van der Waals surface area contributed by atoms with E-state index >= 15 is 0 Å². The third kappa shape index (κ3) is 5.75. The van der Waals surface area contributed by atoms with E-state index < -0.39 is 17.0 Å². The van der Waals surface area contributed by atoms with Crippen LogP contribution in [0, 0.1) is 0 Å². The molecule has 0 saturated heterocycles. The first-order valence-electron chi connectivity index (χ1n) is 3.00. The van der Waals surface area contributed by atoms with Gasteiger partial charge in [0.1, 0.15) is 0 Å². The Morgan fingerprint density at radius 3 is 2.64 bits per heavy atom. The highest BCUT2D eigenvalue weighted by Gasteiger charge is 1.97. The molecule has 0 bridgehead atoms. The van der Waals surface area contributed by atoms with Gasteiger partial charge in [0.05, 0.1) is 0 Å². The van der Waals surface area contributed by atoms with Crippen molar-refractivity contribution < 1.29 is 18.7 Å². The molecule has 0 rings (SSSR count). The number of carbonyl (C=O) groups is 1. The van der Waals surface area contributed by atoms with Gasteiger partial charge in [0, 0.05) is 11.3 Å². The molecule has 1 atom stereocenters. The molecule has 0 aromatic rings. The van der Waals surface area contributed by atoms with E-state index in [1.807, 2.05) is 0 Å². The van der Waals surface area contributed by atoms with Crippen LogP contribution < -0.4 is 0 Å². The largest absolute Gasteiger partial charge is 0.772 e. The molecule has 1 unspecified atom stereocenters. The molecule has 0 aliphatic carbocycles. The fourth-order valence-electron chi connectivity index (χ4n) is 0.459. The second-order valence-electron chi connectivity index (χ2n) is 1.99. The maximum atomic E-state index is 10.2. The summed E-state index contributed by atoms with van der Waals surface area (Å²) in [6.45, 7) is 1.43. The van der Waals surface area contributed by atoms with Crippen LogP contribution in [0.5, 0.6) is 0 Å². The van der Waals surface area contributed by atoms with Crippen molar-refractivity contribution in [1.82, 2.24) is 0 Å². The van der Waals surface area contributed by atoms with E-state index in [0.717, 1.165) is 0 Å². The first kappa shape index (κ1) is 10.3. The van der Waals surface area contributed by atoms with Crippen molar-refractivity contribution in [3.05, 3.63) is 11.6 Å². The monoisotopic (exact) mass is 177 g/mol. The van der Waals surface area contributed by atoms with Gasteiger partial charge >= 0.3 is 5.97 Å². The summed E-state index contributed by atoms with van der Waals surface area (Å²) in [5.41, 5.74) is 0.176. The zero-order valence-corrected chi connectivity index (χ0v) is 6.89. The standard InChI is InChI=1S/C6H10O4S/c1-5(6(7)8)3-2-4-11(9)10/h3H,2,4H2,1H3,(H,7,8)(H,9,10)/p-1. The first-order valence-corrected chi connectivity index (χ1v) is 4.24. The van der Waals surface area contributed by atoms with E-state index in [-0.39, 0.29) is 17.7 Å². The van der Waals surface area contributed by atoms with Crippen molar-refractivity contribution in [2.45, 2.75) is 13.3 Å². The lowest BCUT2D eigenvalue weighted by Gasteiger charge is -2.00. The van der Waals surface area contributed by atoms with E-state index in [4.69, 9.17) is 5.11 Å². The number of carboxylic acid groups (broad SMARTS) is 1. The van der Waals surface area contributed by atoms with Crippen LogP contribution in [0.15, 0.2) is 11.6 Å². The van der Waals surface area contributed by atoms with Crippen LogP contribution in [0.4, 0.5) is 0 Å². The molecular weight excluding hydrogens is 168 g/mol. The lowest BCUT2D eigenvalue weighted by Crippen LogP contribution is -1.98. The van der Waals surface area contributed by atoms with E-state index in [0.29, 0.717) is 0 Å². The number of carboxylic acids is 1. The normalized spacial score (nSPS) is 14.5. The number of rotatable bonds is 4. The van der Waals surface area contributed by atoms with E-state index in [9.17, 15) is 13.6 Å². The summed E-state index contributed by atoms with van der Waals surface area (Å²) in [7, 11) is 0. The molecule has 1 N–H and O–H groups in total. The van der Waals surface area contributed by atoms with Crippen LogP contribution in [0.2, 0.25) is 0 Å². The molecule has 0 radical (unpaired) electrons. The molecule has 11 heavy (non-hydrogen) atoms. The van der Waals surface area contributed by atoms with E-state index in [1.165, 1.54) is 13.0 Å². The van der Waals surface area contributed by atoms with Gasteiger partial charge in [0.15, 0.2) is 0 Å². The molecule has 0 fully saturated rings. The Bertz CT molecular complexity index is 197. The van der Waals surface area contributed by atoms with Crippen molar-refractivity contribution in [3.8, 4) is 0 Å². The lowest BCUT2D eigenvalue weighted by molar-refractivity contribution is -0.132. The first-order chi connectivity index (χ1) is 5.04. The molecule has 0 aliphatic rings. The Labute approximate surface area is 67.2 Å². The Hall–Kier alpha value is -0.680. The van der Waals surface area contributed by atoms with Gasteiger partial charge in [-0.25, -0.2) is 4.79 Å². The van der Waals surface area contributed by atoms with Gasteiger partial charge in [0.2, 0.25) is 0 Å². The second-order valence-corrected chi connectivity index (χ2v) is 3.00. The predicted octanol–water partition coefficient (Wildman–Crippen LogP) is 0.287. The quantitative estimate of drug-likeness (QED) is 0.494. The maximum Gasteiger partial charge on any atom is 0.330 e. The van der Waals surface area contributed by atoms with Crippen LogP contribution in [0.3, 0.4) is 0 Å². The Balaban J connectivity index is 3.74. The fourth-order valence-corrected chi connectivity index (χ4v) is 0.769. The van der Waals surface area contributed by atoms with E-state index in [1.54, 1.807) is 0 Å². The topological polar surface area (TPSA) is 77.4 Å². The molecule has 0 amide bonds. The lowest BCUT2D eigenvalue weighted by atomic mass is 10.2. The Kier molecular flexibility index (Phi) is 4.72. The zero-order chi connectivity index (χ0) is 8.85. The molecule has 0 aliphatic heterocycles. The maximum absolute atomic E-state index is 10.2. The summed E-state index contributed by atoms with van der Waals surface area (Å²) in [5.74, 6) is -1.04. The second kappa shape index (κ2) is 5.03. The third-order valence-electron chi connectivity index (χ3n) is 1.07. The molecule has 64 valence electrons. The van der Waals surface area contributed by atoms with Crippen molar-refractivity contribution in [3.63, 3.8) is 0 Å². The van der Waals surface area contributed by atoms with Crippen LogP contribution in [0.25, 0.3) is 0 Å². The van der Waals surface area contributed by atoms with Gasteiger partial charge < -0.3 is 9.66 Å². The van der Waals surface area contributed by atoms with Gasteiger partial charge in [-0.05, 0) is 13.3 Å². The van der Waals surface area contributed by atoms with Crippen LogP contribution in [0.1, 0.15) is 13.3 Å². The minimum absolute atomic E-state index is 0.0232. The molecule has 4 nitrogen and oxygen atoms in total. The number of aliphatic carboxylic acids is 1. The molecule has 0 saturated carbocycles. The predicted molar refractivity (Wildman–Crippen MR) is 39.8 cm³/mol. The van der Waals surface area contributed by atoms with Gasteiger partial charge in [0.25, 0.3) is 0 Å². The van der Waals surface area contributed by atoms with Crippen molar-refractivity contribution >= 4 is 17.0 Å². The fraction of sp³-hybridized carbons (Fsp3) is 0.500. The van der Waals surface area contributed by atoms with Crippen LogP contribution >= 0.6 is 0 Å². The Morgan fingerprint density at radius 2 is 2.27 bits per heavy atom. The summed E-state index contributed by atoms with van der Waals surface area (Å²) in [6.07, 6.45) is 1.65. The summed E-state index contributed by atoms with van der Waals surface area (Å²) >= 11 is -2.08. The summed E-state index contributed by atoms with van der Waals surface area (Å²) in [5, 5.41) is 8.32. The average molecular weight is 177 g/mol. The SMILES string of the molecule is CC(=CCCS(=O)[O-])C(=O)O. The Morgan fingerprint density at radius 1 is 1.73 bits per heavy atom. The van der Waals surface area contributed by atoms with Gasteiger partial charge in [-0.2, -0.15) is 0 Å². The highest BCUT2D eigenvalue weighted by Crippen LogP contribution is 1.95. The van der Waals surface area contributed by atoms with Gasteiger partial charge in [-0.15, -0.1) is 0 Å². The summed E-state index contributed by atoms with van der Waals surface area (Å²) < 4.78 is 19.9. The third-order valence-corrected chi connectivity index (χ3v) is 1.64. The van der Waals surface area contributed by atoms with Crippen LogP contribution in [-0.4, -0.2) is 25.6 Å². The van der Waals surface area contributed by atoms with Crippen molar-refractivity contribution in [1.29, 1.82) is 0 Å². The number of allylic oxidation sites excluding steroid dienone is 1. The average Bonchev–Trinajstić information content (AvgIpc) is 1.86. The minimum Gasteiger partial charge on any atom is -0.772 e. The van der Waals surface area contributed by atoms with Crippen LogP contribution in [-0.2, 0) is 15.9 Å².